The molecule has 0 aromatic heterocycles. The number of hydrogen-bond donors (Lipinski definition) is 0. The van der Waals surface area contributed by atoms with Crippen molar-refractivity contribution in [1.29, 1.82) is 0 Å². The van der Waals surface area contributed by atoms with Crippen LogP contribution in [0.4, 0.5) is 17.1 Å². The summed E-state index contributed by atoms with van der Waals surface area (Å²) in [4.78, 5) is 2.37. The van der Waals surface area contributed by atoms with Gasteiger partial charge in [-0.05, 0) is 86.5 Å². The van der Waals surface area contributed by atoms with Gasteiger partial charge in [-0.2, -0.15) is 0 Å². The predicted octanol–water partition coefficient (Wildman–Crippen LogP) is 13.5. The van der Waals surface area contributed by atoms with Crippen LogP contribution in [-0.2, 0) is 0 Å². The zero-order valence-corrected chi connectivity index (χ0v) is 27.2. The van der Waals surface area contributed by atoms with Crippen LogP contribution in [-0.4, -0.2) is 0 Å². The second kappa shape index (κ2) is 13.7. The van der Waals surface area contributed by atoms with Gasteiger partial charge in [-0.15, -0.1) is 0 Å². The third-order valence-corrected chi connectivity index (χ3v) is 9.11. The molecule has 8 aromatic rings. The van der Waals surface area contributed by atoms with E-state index in [1.54, 1.807) is 0 Å². The summed E-state index contributed by atoms with van der Waals surface area (Å²) in [5.74, 6) is 0. The second-order valence-corrected chi connectivity index (χ2v) is 12.1. The lowest BCUT2D eigenvalue weighted by molar-refractivity contribution is 1.28. The Morgan fingerprint density at radius 2 is 0.612 bits per heavy atom. The monoisotopic (exact) mass is 625 g/mol. The maximum atomic E-state index is 2.37. The highest BCUT2D eigenvalue weighted by atomic mass is 15.1. The molecule has 0 unspecified atom stereocenters. The Hall–Kier alpha value is -6.44. The Bertz CT molecular complexity index is 2310. The summed E-state index contributed by atoms with van der Waals surface area (Å²) >= 11 is 0. The minimum atomic E-state index is 1.10. The van der Waals surface area contributed by atoms with Gasteiger partial charge in [-0.1, -0.05) is 176 Å². The van der Waals surface area contributed by atoms with Crippen molar-refractivity contribution in [2.75, 3.05) is 4.90 Å². The van der Waals surface area contributed by atoms with Crippen molar-refractivity contribution in [3.05, 3.63) is 212 Å². The molecule has 1 heteroatoms. The molecule has 0 N–H and O–H groups in total. The van der Waals surface area contributed by atoms with Gasteiger partial charge < -0.3 is 4.90 Å². The topological polar surface area (TPSA) is 3.24 Å². The fourth-order valence-corrected chi connectivity index (χ4v) is 6.75. The van der Waals surface area contributed by atoms with Gasteiger partial charge in [-0.3, -0.25) is 0 Å². The van der Waals surface area contributed by atoms with Crippen molar-refractivity contribution < 1.29 is 0 Å². The van der Waals surface area contributed by atoms with E-state index in [1.165, 1.54) is 55.6 Å². The highest BCUT2D eigenvalue weighted by Gasteiger charge is 2.20. The Balaban J connectivity index is 1.23. The van der Waals surface area contributed by atoms with E-state index in [0.29, 0.717) is 0 Å². The van der Waals surface area contributed by atoms with Gasteiger partial charge in [0.2, 0.25) is 0 Å². The minimum absolute atomic E-state index is 1.10. The lowest BCUT2D eigenvalue weighted by atomic mass is 9.88. The molecule has 0 heterocycles. The van der Waals surface area contributed by atoms with Gasteiger partial charge in [0, 0.05) is 16.9 Å². The largest absolute Gasteiger partial charge is 0.310 e. The average molecular weight is 626 g/mol. The van der Waals surface area contributed by atoms with Crippen LogP contribution in [0.1, 0.15) is 0 Å². The summed E-state index contributed by atoms with van der Waals surface area (Å²) < 4.78 is 0. The molecule has 0 spiro atoms. The summed E-state index contributed by atoms with van der Waals surface area (Å²) in [5, 5.41) is 0. The van der Waals surface area contributed by atoms with Crippen molar-refractivity contribution in [2.45, 2.75) is 0 Å². The summed E-state index contributed by atoms with van der Waals surface area (Å²) in [6, 6.07) is 75.9. The van der Waals surface area contributed by atoms with Gasteiger partial charge in [0.25, 0.3) is 0 Å². The maximum absolute atomic E-state index is 2.37. The first-order valence-corrected chi connectivity index (χ1v) is 16.8. The molecule has 8 rings (SSSR count). The van der Waals surface area contributed by atoms with E-state index in [2.05, 4.69) is 217 Å². The molecule has 0 aliphatic carbocycles. The summed E-state index contributed by atoms with van der Waals surface area (Å²) in [5.41, 5.74) is 15.4. The van der Waals surface area contributed by atoms with E-state index < -0.39 is 0 Å². The molecule has 232 valence electrons. The molecule has 0 atom stereocenters. The Morgan fingerprint density at radius 1 is 0.224 bits per heavy atom. The SMILES string of the molecule is c1ccc(-c2cccc(-c3ccc(N(c4ccccc4)c4ccccc4-c4ccccc4-c4ccccc4-c4ccccc4)cc3)c2)cc1. The molecule has 0 amide bonds. The van der Waals surface area contributed by atoms with Crippen LogP contribution in [0.3, 0.4) is 0 Å². The summed E-state index contributed by atoms with van der Waals surface area (Å²) in [6.45, 7) is 0. The second-order valence-electron chi connectivity index (χ2n) is 12.1. The van der Waals surface area contributed by atoms with Gasteiger partial charge in [-0.25, -0.2) is 0 Å². The normalized spacial score (nSPS) is 10.9. The van der Waals surface area contributed by atoms with Crippen LogP contribution in [0, 0.1) is 0 Å². The van der Waals surface area contributed by atoms with Crippen molar-refractivity contribution >= 4 is 17.1 Å². The van der Waals surface area contributed by atoms with E-state index in [1.807, 2.05) is 0 Å². The number of rotatable bonds is 8. The molecule has 8 aromatic carbocycles. The number of nitrogens with zero attached hydrogens (tertiary/aromatic N) is 1. The lowest BCUT2D eigenvalue weighted by Crippen LogP contribution is -2.11. The summed E-state index contributed by atoms with van der Waals surface area (Å²) in [6.07, 6.45) is 0. The van der Waals surface area contributed by atoms with Gasteiger partial charge >= 0.3 is 0 Å². The molecule has 0 bridgehead atoms. The predicted molar refractivity (Wildman–Crippen MR) is 208 cm³/mol. The molecular weight excluding hydrogens is 591 g/mol. The third-order valence-electron chi connectivity index (χ3n) is 9.11. The van der Waals surface area contributed by atoms with Crippen molar-refractivity contribution in [2.24, 2.45) is 0 Å². The van der Waals surface area contributed by atoms with Crippen LogP contribution in [0.25, 0.3) is 55.6 Å². The van der Waals surface area contributed by atoms with Crippen molar-refractivity contribution in [3.63, 3.8) is 0 Å². The lowest BCUT2D eigenvalue weighted by Gasteiger charge is -2.28. The first kappa shape index (κ1) is 29.9. The smallest absolute Gasteiger partial charge is 0.0540 e. The van der Waals surface area contributed by atoms with Crippen LogP contribution in [0.15, 0.2) is 212 Å². The quantitative estimate of drug-likeness (QED) is 0.162. The van der Waals surface area contributed by atoms with Crippen LogP contribution in [0.2, 0.25) is 0 Å². The molecule has 0 radical (unpaired) electrons. The average Bonchev–Trinajstić information content (AvgIpc) is 3.20. The molecule has 1 nitrogen and oxygen atoms in total. The van der Waals surface area contributed by atoms with E-state index in [4.69, 9.17) is 0 Å². The van der Waals surface area contributed by atoms with Gasteiger partial charge in [0.1, 0.15) is 0 Å². The fraction of sp³-hybridized carbons (Fsp3) is 0. The Morgan fingerprint density at radius 3 is 1.22 bits per heavy atom. The minimum Gasteiger partial charge on any atom is -0.310 e. The zero-order valence-electron chi connectivity index (χ0n) is 27.2. The van der Waals surface area contributed by atoms with E-state index in [0.717, 1.165) is 17.1 Å². The first-order valence-electron chi connectivity index (χ1n) is 16.8. The number of hydrogen-bond acceptors (Lipinski definition) is 1. The van der Waals surface area contributed by atoms with Gasteiger partial charge in [0.05, 0.1) is 5.69 Å². The Labute approximate surface area is 289 Å². The molecule has 0 saturated heterocycles. The number of anilines is 3. The molecule has 0 aliphatic heterocycles. The van der Waals surface area contributed by atoms with Crippen molar-refractivity contribution in [1.82, 2.24) is 0 Å². The highest BCUT2D eigenvalue weighted by molar-refractivity contribution is 5.97. The molecule has 0 aliphatic rings. The van der Waals surface area contributed by atoms with Crippen LogP contribution in [0.5, 0.6) is 0 Å². The molecular formula is C48H35N. The first-order chi connectivity index (χ1) is 24.3. The highest BCUT2D eigenvalue weighted by Crippen LogP contribution is 2.45. The third kappa shape index (κ3) is 6.18. The van der Waals surface area contributed by atoms with E-state index in [9.17, 15) is 0 Å². The molecule has 0 saturated carbocycles. The summed E-state index contributed by atoms with van der Waals surface area (Å²) in [7, 11) is 0. The van der Waals surface area contributed by atoms with Crippen LogP contribution < -0.4 is 4.90 Å². The van der Waals surface area contributed by atoms with Gasteiger partial charge in [0.15, 0.2) is 0 Å². The standard InChI is InChI=1S/C48H35N/c1-4-17-36(18-5-1)39-21-16-22-40(35-39)37-31-33-42(34-32-37)49(41-23-8-3-9-24-41)48-30-15-14-29-47(48)46-28-13-12-27-45(46)44-26-11-10-25-43(44)38-19-6-2-7-20-38/h1-35H. The van der Waals surface area contributed by atoms with Crippen molar-refractivity contribution in [3.8, 4) is 55.6 Å². The molecule has 49 heavy (non-hydrogen) atoms. The van der Waals surface area contributed by atoms with Crippen LogP contribution >= 0.6 is 0 Å². The number of benzene rings is 8. The van der Waals surface area contributed by atoms with E-state index in [-0.39, 0.29) is 0 Å². The molecule has 0 fully saturated rings. The Kier molecular flexibility index (Phi) is 8.39. The number of para-hydroxylation sites is 2. The fourth-order valence-electron chi connectivity index (χ4n) is 6.75. The maximum Gasteiger partial charge on any atom is 0.0540 e. The van der Waals surface area contributed by atoms with E-state index >= 15 is 0 Å². The zero-order chi connectivity index (χ0) is 32.8.